The fraction of sp³-hybridized carbons (Fsp3) is 0.833. The number of nitrogens with zero attached hydrogens (tertiary/aromatic N) is 2. The van der Waals surface area contributed by atoms with E-state index in [1.54, 1.807) is 5.01 Å². The Labute approximate surface area is 54.0 Å². The summed E-state index contributed by atoms with van der Waals surface area (Å²) in [6, 6.07) is 2.73. The summed E-state index contributed by atoms with van der Waals surface area (Å²) in [6.07, 6.45) is 2.21. The van der Waals surface area contributed by atoms with Gasteiger partial charge in [-0.15, -0.1) is 0 Å². The SMILES string of the molecule is N#C[C@@H]1CC2CC2N1N. The van der Waals surface area contributed by atoms with Gasteiger partial charge in [-0.25, -0.2) is 5.01 Å². The quantitative estimate of drug-likeness (QED) is 0.455. The lowest BCUT2D eigenvalue weighted by atomic mass is 10.2. The normalized spacial score (nSPS) is 48.2. The van der Waals surface area contributed by atoms with Gasteiger partial charge >= 0.3 is 0 Å². The Bertz CT molecular complexity index is 172. The molecule has 2 fully saturated rings. The largest absolute Gasteiger partial charge is 0.267 e. The average molecular weight is 123 g/mol. The molecule has 1 heterocycles. The Morgan fingerprint density at radius 3 is 2.67 bits per heavy atom. The van der Waals surface area contributed by atoms with E-state index in [1.807, 2.05) is 0 Å². The first-order valence-electron chi connectivity index (χ1n) is 3.25. The van der Waals surface area contributed by atoms with Crippen LogP contribution in [0.15, 0.2) is 0 Å². The smallest absolute Gasteiger partial charge is 0.111 e. The van der Waals surface area contributed by atoms with E-state index in [9.17, 15) is 0 Å². The van der Waals surface area contributed by atoms with Crippen molar-refractivity contribution in [1.29, 1.82) is 5.26 Å². The summed E-state index contributed by atoms with van der Waals surface area (Å²) in [5.74, 6) is 6.34. The van der Waals surface area contributed by atoms with E-state index in [4.69, 9.17) is 11.1 Å². The number of nitrogens with two attached hydrogens (primary N) is 1. The number of hydrogen-bond donors (Lipinski definition) is 1. The molecule has 2 unspecified atom stereocenters. The highest BCUT2D eigenvalue weighted by molar-refractivity contribution is 5.10. The van der Waals surface area contributed by atoms with Crippen LogP contribution in [0.4, 0.5) is 0 Å². The molecule has 2 aliphatic rings. The van der Waals surface area contributed by atoms with Crippen LogP contribution in [0.2, 0.25) is 0 Å². The summed E-state index contributed by atoms with van der Waals surface area (Å²) in [6.45, 7) is 0. The molecule has 0 radical (unpaired) electrons. The minimum absolute atomic E-state index is 0.00810. The van der Waals surface area contributed by atoms with Crippen molar-refractivity contribution < 1.29 is 0 Å². The van der Waals surface area contributed by atoms with Crippen LogP contribution >= 0.6 is 0 Å². The minimum atomic E-state index is 0.00810. The predicted molar refractivity (Wildman–Crippen MR) is 31.9 cm³/mol. The Hall–Kier alpha value is -0.590. The highest BCUT2D eigenvalue weighted by atomic mass is 15.5. The van der Waals surface area contributed by atoms with Crippen LogP contribution in [0.25, 0.3) is 0 Å². The molecule has 3 heteroatoms. The number of hydrazine groups is 1. The minimum Gasteiger partial charge on any atom is -0.267 e. The fourth-order valence-corrected chi connectivity index (χ4v) is 1.61. The van der Waals surface area contributed by atoms with Crippen molar-refractivity contribution in [2.75, 3.05) is 0 Å². The van der Waals surface area contributed by atoms with E-state index in [0.29, 0.717) is 6.04 Å². The monoisotopic (exact) mass is 123 g/mol. The highest BCUT2D eigenvalue weighted by Crippen LogP contribution is 2.45. The highest BCUT2D eigenvalue weighted by Gasteiger charge is 2.50. The van der Waals surface area contributed by atoms with Crippen molar-refractivity contribution in [2.45, 2.75) is 24.9 Å². The molecule has 0 aromatic rings. The molecule has 3 nitrogen and oxygen atoms in total. The zero-order valence-corrected chi connectivity index (χ0v) is 5.12. The molecule has 9 heavy (non-hydrogen) atoms. The van der Waals surface area contributed by atoms with Gasteiger partial charge in [0.15, 0.2) is 0 Å². The van der Waals surface area contributed by atoms with Crippen LogP contribution in [-0.4, -0.2) is 17.1 Å². The molecule has 0 aromatic heterocycles. The van der Waals surface area contributed by atoms with Gasteiger partial charge in [0.2, 0.25) is 0 Å². The molecule has 0 amide bonds. The van der Waals surface area contributed by atoms with Crippen LogP contribution in [0.3, 0.4) is 0 Å². The molecule has 1 aliphatic carbocycles. The Balaban J connectivity index is 2.10. The van der Waals surface area contributed by atoms with Gasteiger partial charge in [0.05, 0.1) is 6.07 Å². The molecule has 2 N–H and O–H groups in total. The van der Waals surface area contributed by atoms with E-state index in [1.165, 1.54) is 6.42 Å². The summed E-state index contributed by atoms with van der Waals surface area (Å²) in [5.41, 5.74) is 0. The predicted octanol–water partition coefficient (Wildman–Crippen LogP) is -0.154. The molecule has 2 rings (SSSR count). The zero-order valence-electron chi connectivity index (χ0n) is 5.12. The summed E-state index contributed by atoms with van der Waals surface area (Å²) < 4.78 is 0. The van der Waals surface area contributed by atoms with Gasteiger partial charge < -0.3 is 0 Å². The lowest BCUT2D eigenvalue weighted by Crippen LogP contribution is -2.37. The lowest BCUT2D eigenvalue weighted by molar-refractivity contribution is 0.265. The van der Waals surface area contributed by atoms with Gasteiger partial charge in [-0.05, 0) is 18.8 Å². The third-order valence-electron chi connectivity index (χ3n) is 2.30. The molecule has 0 spiro atoms. The summed E-state index contributed by atoms with van der Waals surface area (Å²) >= 11 is 0. The number of fused-ring (bicyclic) bond motifs is 1. The number of nitriles is 1. The van der Waals surface area contributed by atoms with E-state index < -0.39 is 0 Å². The van der Waals surface area contributed by atoms with E-state index in [-0.39, 0.29) is 6.04 Å². The number of piperidine rings is 1. The first kappa shape index (κ1) is 5.21. The standard InChI is InChI=1S/C6H9N3/c7-3-5-1-4-2-6(4)9(5)8/h4-6H,1-2,8H2/t4?,5-,6?/m0/s1. The van der Waals surface area contributed by atoms with Gasteiger partial charge in [0.1, 0.15) is 6.04 Å². The van der Waals surface area contributed by atoms with Gasteiger partial charge in [-0.2, -0.15) is 5.26 Å². The molecule has 0 bridgehead atoms. The van der Waals surface area contributed by atoms with Gasteiger partial charge in [-0.1, -0.05) is 0 Å². The number of rotatable bonds is 0. The van der Waals surface area contributed by atoms with E-state index in [2.05, 4.69) is 6.07 Å². The van der Waals surface area contributed by atoms with Gasteiger partial charge in [0.25, 0.3) is 0 Å². The van der Waals surface area contributed by atoms with Crippen LogP contribution in [-0.2, 0) is 0 Å². The molecule has 1 saturated heterocycles. The molecule has 48 valence electrons. The topological polar surface area (TPSA) is 53.0 Å². The fourth-order valence-electron chi connectivity index (χ4n) is 1.61. The third kappa shape index (κ3) is 0.576. The maximum Gasteiger partial charge on any atom is 0.111 e. The third-order valence-corrected chi connectivity index (χ3v) is 2.30. The maximum atomic E-state index is 8.50. The second-order valence-corrected chi connectivity index (χ2v) is 2.89. The molecule has 1 aliphatic heterocycles. The first-order valence-corrected chi connectivity index (χ1v) is 3.25. The van der Waals surface area contributed by atoms with Crippen LogP contribution in [0.1, 0.15) is 12.8 Å². The number of hydrogen-bond acceptors (Lipinski definition) is 3. The second-order valence-electron chi connectivity index (χ2n) is 2.89. The van der Waals surface area contributed by atoms with E-state index >= 15 is 0 Å². The van der Waals surface area contributed by atoms with Crippen LogP contribution in [0, 0.1) is 17.2 Å². The molecular weight excluding hydrogens is 114 g/mol. The van der Waals surface area contributed by atoms with Crippen molar-refractivity contribution in [3.8, 4) is 6.07 Å². The summed E-state index contributed by atoms with van der Waals surface area (Å²) in [7, 11) is 0. The molecule has 3 atom stereocenters. The summed E-state index contributed by atoms with van der Waals surface area (Å²) in [5, 5.41) is 10.2. The lowest BCUT2D eigenvalue weighted by Gasteiger charge is -2.13. The molecule has 1 saturated carbocycles. The summed E-state index contributed by atoms with van der Waals surface area (Å²) in [4.78, 5) is 0. The zero-order chi connectivity index (χ0) is 6.43. The average Bonchev–Trinajstić information content (AvgIpc) is 2.55. The Morgan fingerprint density at radius 1 is 1.56 bits per heavy atom. The molecule has 0 aromatic carbocycles. The van der Waals surface area contributed by atoms with Gasteiger partial charge in [-0.3, -0.25) is 5.84 Å². The van der Waals surface area contributed by atoms with Crippen molar-refractivity contribution in [3.63, 3.8) is 0 Å². The van der Waals surface area contributed by atoms with Crippen molar-refractivity contribution in [3.05, 3.63) is 0 Å². The Morgan fingerprint density at radius 2 is 2.33 bits per heavy atom. The van der Waals surface area contributed by atoms with Crippen LogP contribution in [0.5, 0.6) is 0 Å². The Kier molecular flexibility index (Phi) is 0.850. The van der Waals surface area contributed by atoms with Crippen molar-refractivity contribution >= 4 is 0 Å². The van der Waals surface area contributed by atoms with Gasteiger partial charge in [0, 0.05) is 6.04 Å². The van der Waals surface area contributed by atoms with Crippen molar-refractivity contribution in [2.24, 2.45) is 11.8 Å². The van der Waals surface area contributed by atoms with E-state index in [0.717, 1.165) is 12.3 Å². The first-order chi connectivity index (χ1) is 4.33. The second kappa shape index (κ2) is 1.47. The molecular formula is C6H9N3. The van der Waals surface area contributed by atoms with Crippen molar-refractivity contribution in [1.82, 2.24) is 5.01 Å². The van der Waals surface area contributed by atoms with Crippen LogP contribution < -0.4 is 5.84 Å². The maximum absolute atomic E-state index is 8.50.